The van der Waals surface area contributed by atoms with Gasteiger partial charge in [0.25, 0.3) is 5.56 Å². The van der Waals surface area contributed by atoms with Gasteiger partial charge in [-0.1, -0.05) is 30.3 Å². The second-order valence-electron chi connectivity index (χ2n) is 4.54. The van der Waals surface area contributed by atoms with Crippen molar-refractivity contribution in [1.29, 1.82) is 0 Å². The number of nitrogens with one attached hydrogen (secondary N) is 2. The summed E-state index contributed by atoms with van der Waals surface area (Å²) in [6, 6.07) is 12.7. The van der Waals surface area contributed by atoms with Gasteiger partial charge in [0.05, 0.1) is 6.21 Å². The fourth-order valence-electron chi connectivity index (χ4n) is 1.85. The van der Waals surface area contributed by atoms with Crippen LogP contribution in [0.4, 0.5) is 5.95 Å². The number of aryl methyl sites for hydroxylation is 1. The van der Waals surface area contributed by atoms with Crippen molar-refractivity contribution in [3.63, 3.8) is 0 Å². The van der Waals surface area contributed by atoms with Crippen LogP contribution >= 0.6 is 0 Å². The standard InChI is InChI=1S/C15H13N5O2/c1-10-7-8-12(22-10)9-16-19-15-17-14(21)13(18-20-15)11-5-3-2-4-6-11/h2-9H,1H3,(H2,17,19,20,21)/b16-9+. The number of furan rings is 1. The number of hydrazone groups is 1. The van der Waals surface area contributed by atoms with Crippen LogP contribution < -0.4 is 11.0 Å². The molecule has 2 N–H and O–H groups in total. The van der Waals surface area contributed by atoms with Crippen molar-refractivity contribution in [2.24, 2.45) is 5.10 Å². The van der Waals surface area contributed by atoms with Crippen LogP contribution in [0.1, 0.15) is 11.5 Å². The van der Waals surface area contributed by atoms with E-state index in [-0.39, 0.29) is 17.2 Å². The molecular weight excluding hydrogens is 282 g/mol. The molecule has 22 heavy (non-hydrogen) atoms. The van der Waals surface area contributed by atoms with Gasteiger partial charge < -0.3 is 4.42 Å². The third-order valence-electron chi connectivity index (χ3n) is 2.87. The molecule has 1 aromatic carbocycles. The maximum Gasteiger partial charge on any atom is 0.279 e. The summed E-state index contributed by atoms with van der Waals surface area (Å²) in [6.45, 7) is 1.84. The molecule has 3 rings (SSSR count). The molecule has 0 spiro atoms. The topological polar surface area (TPSA) is 96.2 Å². The molecule has 110 valence electrons. The molecule has 0 atom stereocenters. The van der Waals surface area contributed by atoms with Crippen molar-refractivity contribution in [2.75, 3.05) is 5.43 Å². The van der Waals surface area contributed by atoms with E-state index in [0.29, 0.717) is 11.3 Å². The van der Waals surface area contributed by atoms with E-state index in [4.69, 9.17) is 4.42 Å². The summed E-state index contributed by atoms with van der Waals surface area (Å²) < 4.78 is 5.32. The predicted molar refractivity (Wildman–Crippen MR) is 82.8 cm³/mol. The molecule has 2 heterocycles. The Balaban J connectivity index is 1.75. The van der Waals surface area contributed by atoms with Gasteiger partial charge in [-0.3, -0.25) is 9.78 Å². The number of nitrogens with zero attached hydrogens (tertiary/aromatic N) is 3. The third-order valence-corrected chi connectivity index (χ3v) is 2.87. The van der Waals surface area contributed by atoms with Gasteiger partial charge in [-0.15, -0.1) is 10.2 Å². The zero-order valence-corrected chi connectivity index (χ0v) is 11.8. The minimum absolute atomic E-state index is 0.157. The van der Waals surface area contributed by atoms with Crippen LogP contribution in [-0.4, -0.2) is 21.4 Å². The predicted octanol–water partition coefficient (Wildman–Crippen LogP) is 2.18. The Labute approximate surface area is 125 Å². The Bertz CT molecular complexity index is 852. The zero-order chi connectivity index (χ0) is 15.4. The summed E-state index contributed by atoms with van der Waals surface area (Å²) >= 11 is 0. The first-order chi connectivity index (χ1) is 10.7. The maximum atomic E-state index is 12.0. The number of anilines is 1. The number of hydrogen-bond donors (Lipinski definition) is 2. The van der Waals surface area contributed by atoms with Gasteiger partial charge in [0.2, 0.25) is 5.95 Å². The Morgan fingerprint density at radius 3 is 2.68 bits per heavy atom. The van der Waals surface area contributed by atoms with Crippen LogP contribution in [-0.2, 0) is 0 Å². The lowest BCUT2D eigenvalue weighted by Crippen LogP contribution is -2.15. The normalized spacial score (nSPS) is 11.0. The van der Waals surface area contributed by atoms with Crippen LogP contribution in [0.15, 0.2) is 56.8 Å². The van der Waals surface area contributed by atoms with Gasteiger partial charge in [0, 0.05) is 5.56 Å². The van der Waals surface area contributed by atoms with Crippen molar-refractivity contribution in [2.45, 2.75) is 6.92 Å². The molecule has 2 aromatic heterocycles. The number of aromatic amines is 1. The van der Waals surface area contributed by atoms with Gasteiger partial charge in [-0.05, 0) is 19.1 Å². The van der Waals surface area contributed by atoms with Crippen molar-refractivity contribution < 1.29 is 4.42 Å². The van der Waals surface area contributed by atoms with Crippen molar-refractivity contribution in [3.05, 3.63) is 64.3 Å². The summed E-state index contributed by atoms with van der Waals surface area (Å²) in [5.41, 5.74) is 3.23. The largest absolute Gasteiger partial charge is 0.460 e. The average molecular weight is 295 g/mol. The molecule has 7 nitrogen and oxygen atoms in total. The first-order valence-electron chi connectivity index (χ1n) is 6.60. The SMILES string of the molecule is Cc1ccc(/C=N/Nc2nnc(-c3ccccc3)c(=O)[nH]2)o1. The van der Waals surface area contributed by atoms with Crippen LogP contribution in [0.25, 0.3) is 11.3 Å². The lowest BCUT2D eigenvalue weighted by atomic mass is 10.2. The minimum atomic E-state index is -0.340. The van der Waals surface area contributed by atoms with E-state index in [0.717, 1.165) is 5.76 Å². The number of aromatic nitrogens is 3. The Morgan fingerprint density at radius 2 is 2.00 bits per heavy atom. The Morgan fingerprint density at radius 1 is 1.18 bits per heavy atom. The monoisotopic (exact) mass is 295 g/mol. The van der Waals surface area contributed by atoms with Crippen LogP contribution in [0.5, 0.6) is 0 Å². The molecular formula is C15H13N5O2. The summed E-state index contributed by atoms with van der Waals surface area (Å²) in [7, 11) is 0. The van der Waals surface area contributed by atoms with E-state index in [1.54, 1.807) is 18.2 Å². The summed E-state index contributed by atoms with van der Waals surface area (Å²) in [5.74, 6) is 1.55. The van der Waals surface area contributed by atoms with E-state index >= 15 is 0 Å². The van der Waals surface area contributed by atoms with Gasteiger partial charge in [0.15, 0.2) is 5.69 Å². The minimum Gasteiger partial charge on any atom is -0.460 e. The van der Waals surface area contributed by atoms with E-state index in [9.17, 15) is 4.79 Å². The highest BCUT2D eigenvalue weighted by Crippen LogP contribution is 2.10. The summed E-state index contributed by atoms with van der Waals surface area (Å²) in [4.78, 5) is 14.6. The molecule has 0 radical (unpaired) electrons. The first-order valence-corrected chi connectivity index (χ1v) is 6.60. The second-order valence-corrected chi connectivity index (χ2v) is 4.54. The summed E-state index contributed by atoms with van der Waals surface area (Å²) in [5, 5.41) is 11.7. The van der Waals surface area contributed by atoms with E-state index < -0.39 is 0 Å². The zero-order valence-electron chi connectivity index (χ0n) is 11.8. The van der Waals surface area contributed by atoms with E-state index in [2.05, 4.69) is 25.7 Å². The lowest BCUT2D eigenvalue weighted by molar-refractivity contribution is 0.528. The average Bonchev–Trinajstić information content (AvgIpc) is 2.94. The molecule has 0 amide bonds. The van der Waals surface area contributed by atoms with Crippen LogP contribution in [0, 0.1) is 6.92 Å². The van der Waals surface area contributed by atoms with Gasteiger partial charge in [-0.2, -0.15) is 5.10 Å². The molecule has 0 saturated carbocycles. The van der Waals surface area contributed by atoms with E-state index in [1.165, 1.54) is 6.21 Å². The molecule has 7 heteroatoms. The molecule has 0 saturated heterocycles. The number of rotatable bonds is 4. The summed E-state index contributed by atoms with van der Waals surface area (Å²) in [6.07, 6.45) is 1.48. The third kappa shape index (κ3) is 3.09. The number of benzene rings is 1. The molecule has 0 unspecified atom stereocenters. The van der Waals surface area contributed by atoms with Crippen molar-refractivity contribution in [3.8, 4) is 11.3 Å². The Kier molecular flexibility index (Phi) is 3.78. The molecule has 0 fully saturated rings. The highest BCUT2D eigenvalue weighted by atomic mass is 16.3. The Hall–Kier alpha value is -3.22. The molecule has 0 bridgehead atoms. The first kappa shape index (κ1) is 13.7. The smallest absolute Gasteiger partial charge is 0.279 e. The van der Waals surface area contributed by atoms with Crippen molar-refractivity contribution in [1.82, 2.24) is 15.2 Å². The number of hydrogen-bond acceptors (Lipinski definition) is 6. The lowest BCUT2D eigenvalue weighted by Gasteiger charge is -2.00. The van der Waals surface area contributed by atoms with Crippen LogP contribution in [0.2, 0.25) is 0 Å². The molecule has 3 aromatic rings. The van der Waals surface area contributed by atoms with Crippen LogP contribution in [0.3, 0.4) is 0 Å². The second kappa shape index (κ2) is 6.04. The quantitative estimate of drug-likeness (QED) is 0.568. The van der Waals surface area contributed by atoms with Crippen molar-refractivity contribution >= 4 is 12.2 Å². The maximum absolute atomic E-state index is 12.0. The highest BCUT2D eigenvalue weighted by molar-refractivity contribution is 5.76. The number of H-pyrrole nitrogens is 1. The highest BCUT2D eigenvalue weighted by Gasteiger charge is 2.06. The molecule has 0 aliphatic heterocycles. The molecule has 0 aliphatic rings. The fourth-order valence-corrected chi connectivity index (χ4v) is 1.85. The van der Waals surface area contributed by atoms with Gasteiger partial charge in [0.1, 0.15) is 11.5 Å². The van der Waals surface area contributed by atoms with Gasteiger partial charge in [-0.25, -0.2) is 5.43 Å². The van der Waals surface area contributed by atoms with E-state index in [1.807, 2.05) is 31.2 Å². The molecule has 0 aliphatic carbocycles. The fraction of sp³-hybridized carbons (Fsp3) is 0.0667. The van der Waals surface area contributed by atoms with Gasteiger partial charge >= 0.3 is 0 Å².